The number of rotatable bonds is 7. The van der Waals surface area contributed by atoms with Crippen molar-refractivity contribution in [3.05, 3.63) is 0 Å². The van der Waals surface area contributed by atoms with E-state index in [-0.39, 0.29) is 24.2 Å². The number of nitrogens with zero attached hydrogens (tertiary/aromatic N) is 2. The summed E-state index contributed by atoms with van der Waals surface area (Å²) in [6.07, 6.45) is 2.12. The van der Waals surface area contributed by atoms with Gasteiger partial charge >= 0.3 is 5.97 Å². The first-order valence-electron chi connectivity index (χ1n) is 7.24. The predicted octanol–water partition coefficient (Wildman–Crippen LogP) is 0.715. The molecule has 0 saturated carbocycles. The molecule has 0 aromatic heterocycles. The largest absolute Gasteiger partial charge is 0.465 e. The van der Waals surface area contributed by atoms with Gasteiger partial charge in [-0.05, 0) is 33.9 Å². The van der Waals surface area contributed by atoms with Crippen LogP contribution in [0, 0.1) is 0 Å². The molecule has 0 radical (unpaired) electrons. The highest BCUT2D eigenvalue weighted by Gasteiger charge is 2.38. The second-order valence-corrected chi connectivity index (χ2v) is 5.56. The first-order valence-corrected chi connectivity index (χ1v) is 7.24. The maximum atomic E-state index is 12.1. The molecule has 5 heteroatoms. The van der Waals surface area contributed by atoms with E-state index in [2.05, 4.69) is 16.7 Å². The van der Waals surface area contributed by atoms with Gasteiger partial charge in [0, 0.05) is 19.1 Å². The van der Waals surface area contributed by atoms with Gasteiger partial charge in [-0.25, -0.2) is 0 Å². The molecular weight excluding hydrogens is 244 g/mol. The highest BCUT2D eigenvalue weighted by Crippen LogP contribution is 2.24. The maximum Gasteiger partial charge on any atom is 0.323 e. The van der Waals surface area contributed by atoms with E-state index in [1.54, 1.807) is 0 Å². The molecule has 3 atom stereocenters. The first kappa shape index (κ1) is 16.4. The third kappa shape index (κ3) is 4.75. The summed E-state index contributed by atoms with van der Waals surface area (Å²) in [6, 6.07) is 0.0120. The molecular formula is C14H28N2O3. The Morgan fingerprint density at radius 1 is 1.47 bits per heavy atom. The van der Waals surface area contributed by atoms with Gasteiger partial charge in [-0.3, -0.25) is 9.69 Å². The number of carbonyl (C=O) groups is 1. The number of hydrogen-bond donors (Lipinski definition) is 1. The Morgan fingerprint density at radius 2 is 2.16 bits per heavy atom. The number of esters is 1. The lowest BCUT2D eigenvalue weighted by atomic mass is 10.1. The van der Waals surface area contributed by atoms with E-state index in [9.17, 15) is 9.90 Å². The highest BCUT2D eigenvalue weighted by atomic mass is 16.5. The van der Waals surface area contributed by atoms with Gasteiger partial charge < -0.3 is 14.7 Å². The van der Waals surface area contributed by atoms with Gasteiger partial charge in [-0.2, -0.15) is 0 Å². The Morgan fingerprint density at radius 3 is 2.68 bits per heavy atom. The van der Waals surface area contributed by atoms with Gasteiger partial charge in [-0.1, -0.05) is 13.3 Å². The van der Waals surface area contributed by atoms with E-state index in [1.165, 1.54) is 0 Å². The number of likely N-dealkylation sites (N-methyl/N-ethyl adjacent to an activating group) is 1. The average molecular weight is 272 g/mol. The van der Waals surface area contributed by atoms with Crippen LogP contribution in [0.4, 0.5) is 0 Å². The summed E-state index contributed by atoms with van der Waals surface area (Å²) in [5.41, 5.74) is 0. The van der Waals surface area contributed by atoms with E-state index in [0.29, 0.717) is 13.2 Å². The highest BCUT2D eigenvalue weighted by molar-refractivity contribution is 5.75. The lowest BCUT2D eigenvalue weighted by Crippen LogP contribution is -2.48. The smallest absolute Gasteiger partial charge is 0.323 e. The Balaban J connectivity index is 2.76. The van der Waals surface area contributed by atoms with Crippen LogP contribution in [0.3, 0.4) is 0 Å². The zero-order valence-electron chi connectivity index (χ0n) is 12.6. The number of ether oxygens (including phenoxy) is 1. The summed E-state index contributed by atoms with van der Waals surface area (Å²) in [4.78, 5) is 16.3. The van der Waals surface area contributed by atoms with Crippen molar-refractivity contribution in [2.75, 3.05) is 33.8 Å². The molecule has 1 saturated heterocycles. The summed E-state index contributed by atoms with van der Waals surface area (Å²) in [5, 5.41) is 9.90. The Bertz CT molecular complexity index is 284. The Labute approximate surface area is 116 Å². The monoisotopic (exact) mass is 272 g/mol. The van der Waals surface area contributed by atoms with E-state index in [4.69, 9.17) is 4.74 Å². The average Bonchev–Trinajstić information content (AvgIpc) is 2.66. The van der Waals surface area contributed by atoms with Gasteiger partial charge in [0.15, 0.2) is 0 Å². The summed E-state index contributed by atoms with van der Waals surface area (Å²) in [6.45, 7) is 5.74. The van der Waals surface area contributed by atoms with Crippen molar-refractivity contribution in [1.82, 2.24) is 9.80 Å². The van der Waals surface area contributed by atoms with Crippen molar-refractivity contribution in [3.8, 4) is 0 Å². The normalized spacial score (nSPS) is 25.8. The first-order chi connectivity index (χ1) is 8.99. The summed E-state index contributed by atoms with van der Waals surface area (Å²) in [5.74, 6) is -0.151. The third-order valence-corrected chi connectivity index (χ3v) is 3.53. The van der Waals surface area contributed by atoms with Gasteiger partial charge in [0.2, 0.25) is 0 Å². The SMILES string of the molecule is CCCC(C(=O)OCC)N1CC(O)CC1CN(C)C. The third-order valence-electron chi connectivity index (χ3n) is 3.53. The fourth-order valence-corrected chi connectivity index (χ4v) is 2.83. The molecule has 5 nitrogen and oxygen atoms in total. The zero-order valence-corrected chi connectivity index (χ0v) is 12.6. The molecule has 1 rings (SSSR count). The van der Waals surface area contributed by atoms with E-state index >= 15 is 0 Å². The van der Waals surface area contributed by atoms with E-state index in [1.807, 2.05) is 21.0 Å². The fraction of sp³-hybridized carbons (Fsp3) is 0.929. The van der Waals surface area contributed by atoms with Crippen molar-refractivity contribution in [1.29, 1.82) is 0 Å². The summed E-state index contributed by atoms with van der Waals surface area (Å²) >= 11 is 0. The van der Waals surface area contributed by atoms with Crippen molar-refractivity contribution in [2.45, 2.75) is 51.3 Å². The van der Waals surface area contributed by atoms with Crippen LogP contribution in [-0.2, 0) is 9.53 Å². The van der Waals surface area contributed by atoms with Gasteiger partial charge in [0.25, 0.3) is 0 Å². The van der Waals surface area contributed by atoms with E-state index in [0.717, 1.165) is 25.8 Å². The molecule has 1 aliphatic rings. The second kappa shape index (κ2) is 7.82. The minimum Gasteiger partial charge on any atom is -0.465 e. The van der Waals surface area contributed by atoms with Gasteiger partial charge in [0.05, 0.1) is 12.7 Å². The topological polar surface area (TPSA) is 53.0 Å². The molecule has 0 aromatic carbocycles. The molecule has 0 spiro atoms. The van der Waals surface area contributed by atoms with Gasteiger partial charge in [0.1, 0.15) is 6.04 Å². The van der Waals surface area contributed by atoms with Crippen molar-refractivity contribution in [3.63, 3.8) is 0 Å². The molecule has 112 valence electrons. The lowest BCUT2D eigenvalue weighted by molar-refractivity contribution is -0.150. The van der Waals surface area contributed by atoms with Crippen LogP contribution in [0.2, 0.25) is 0 Å². The Kier molecular flexibility index (Phi) is 6.75. The Hall–Kier alpha value is -0.650. The molecule has 0 bridgehead atoms. The van der Waals surface area contributed by atoms with Crippen molar-refractivity contribution >= 4 is 5.97 Å². The fourth-order valence-electron chi connectivity index (χ4n) is 2.83. The standard InChI is InChI=1S/C14H28N2O3/c1-5-7-13(14(18)19-6-2)16-10-12(17)8-11(16)9-15(3)4/h11-13,17H,5-10H2,1-4H3. The van der Waals surface area contributed by atoms with Crippen LogP contribution in [0.15, 0.2) is 0 Å². The number of β-amino-alcohol motifs (C(OH)–C–C–N with tert-alkyl or cyclic N) is 1. The number of likely N-dealkylation sites (tertiary alicyclic amines) is 1. The lowest BCUT2D eigenvalue weighted by Gasteiger charge is -2.32. The molecule has 1 fully saturated rings. The molecule has 3 unspecified atom stereocenters. The van der Waals surface area contributed by atoms with Crippen LogP contribution >= 0.6 is 0 Å². The molecule has 1 aliphatic heterocycles. The van der Waals surface area contributed by atoms with Crippen LogP contribution in [0.1, 0.15) is 33.1 Å². The predicted molar refractivity (Wildman–Crippen MR) is 75.0 cm³/mol. The molecule has 1 heterocycles. The van der Waals surface area contributed by atoms with Crippen molar-refractivity contribution in [2.24, 2.45) is 0 Å². The van der Waals surface area contributed by atoms with Crippen molar-refractivity contribution < 1.29 is 14.6 Å². The van der Waals surface area contributed by atoms with Crippen LogP contribution in [0.5, 0.6) is 0 Å². The molecule has 0 amide bonds. The second-order valence-electron chi connectivity index (χ2n) is 5.56. The molecule has 1 N–H and O–H groups in total. The minimum absolute atomic E-state index is 0.151. The molecule has 0 aliphatic carbocycles. The number of hydrogen-bond acceptors (Lipinski definition) is 5. The zero-order chi connectivity index (χ0) is 14.4. The molecule has 19 heavy (non-hydrogen) atoms. The summed E-state index contributed by atoms with van der Waals surface area (Å²) < 4.78 is 5.18. The number of aliphatic hydroxyl groups excluding tert-OH is 1. The van der Waals surface area contributed by atoms with Crippen LogP contribution < -0.4 is 0 Å². The molecule has 0 aromatic rings. The summed E-state index contributed by atoms with van der Waals surface area (Å²) in [7, 11) is 4.03. The van der Waals surface area contributed by atoms with Crippen LogP contribution in [-0.4, -0.2) is 72.9 Å². The minimum atomic E-state index is -0.335. The maximum absolute atomic E-state index is 12.1. The quantitative estimate of drug-likeness (QED) is 0.692. The number of carbonyl (C=O) groups excluding carboxylic acids is 1. The number of aliphatic hydroxyl groups is 1. The van der Waals surface area contributed by atoms with Gasteiger partial charge in [-0.15, -0.1) is 0 Å². The van der Waals surface area contributed by atoms with E-state index < -0.39 is 0 Å². The van der Waals surface area contributed by atoms with Crippen LogP contribution in [0.25, 0.3) is 0 Å².